The second-order valence-electron chi connectivity index (χ2n) is 7.27. The van der Waals surface area contributed by atoms with Gasteiger partial charge in [0, 0.05) is 13.0 Å². The Kier molecular flexibility index (Phi) is 5.30. The fourth-order valence-electron chi connectivity index (χ4n) is 3.60. The van der Waals surface area contributed by atoms with Crippen LogP contribution in [0, 0.1) is 0 Å². The number of likely N-dealkylation sites (tertiary alicyclic amines) is 1. The average molecular weight is 395 g/mol. The van der Waals surface area contributed by atoms with Crippen LogP contribution in [-0.4, -0.2) is 62.7 Å². The Morgan fingerprint density at radius 1 is 1.17 bits per heavy atom. The number of methoxy groups -OCH3 is 1. The van der Waals surface area contributed by atoms with Crippen LogP contribution in [0.3, 0.4) is 0 Å². The normalized spacial score (nSPS) is 15.4. The maximum Gasteiger partial charge on any atom is 0.183 e. The van der Waals surface area contributed by atoms with E-state index in [1.54, 1.807) is 18.0 Å². The fourth-order valence-corrected chi connectivity index (χ4v) is 3.60. The van der Waals surface area contributed by atoms with E-state index >= 15 is 0 Å². The van der Waals surface area contributed by atoms with Gasteiger partial charge in [0.25, 0.3) is 0 Å². The number of aromatic nitrogens is 5. The third-order valence-corrected chi connectivity index (χ3v) is 5.27. The van der Waals surface area contributed by atoms with Crippen molar-refractivity contribution in [1.29, 1.82) is 0 Å². The molecule has 1 fully saturated rings. The molecule has 4 rings (SSSR count). The number of benzene rings is 1. The van der Waals surface area contributed by atoms with Gasteiger partial charge < -0.3 is 15.0 Å². The molecule has 9 nitrogen and oxygen atoms in total. The van der Waals surface area contributed by atoms with E-state index in [-0.39, 0.29) is 11.5 Å². The highest BCUT2D eigenvalue weighted by Gasteiger charge is 2.23. The highest BCUT2D eigenvalue weighted by Crippen LogP contribution is 2.29. The molecule has 0 amide bonds. The molecular formula is C20H25N7O2. The number of carbonyl (C=O) groups is 1. The van der Waals surface area contributed by atoms with Crippen molar-refractivity contribution in [1.82, 2.24) is 29.7 Å². The Bertz CT molecular complexity index is 985. The second kappa shape index (κ2) is 8.04. The number of nitrogens with zero attached hydrogens (tertiary/aromatic N) is 6. The van der Waals surface area contributed by atoms with Crippen LogP contribution < -0.4 is 10.1 Å². The number of rotatable bonds is 6. The Labute approximate surface area is 169 Å². The van der Waals surface area contributed by atoms with Crippen LogP contribution in [0.1, 0.15) is 36.3 Å². The summed E-state index contributed by atoms with van der Waals surface area (Å²) in [7, 11) is 3.76. The van der Waals surface area contributed by atoms with Gasteiger partial charge in [0.15, 0.2) is 17.3 Å². The van der Waals surface area contributed by atoms with Gasteiger partial charge in [-0.05, 0) is 57.2 Å². The van der Waals surface area contributed by atoms with Gasteiger partial charge in [-0.3, -0.25) is 4.79 Å². The molecule has 0 spiro atoms. The maximum atomic E-state index is 12.2. The summed E-state index contributed by atoms with van der Waals surface area (Å²) in [6, 6.07) is 9.66. The number of piperidine rings is 1. The third kappa shape index (κ3) is 3.86. The second-order valence-corrected chi connectivity index (χ2v) is 7.27. The molecule has 1 aromatic carbocycles. The number of hydrogen-bond donors (Lipinski definition) is 1. The summed E-state index contributed by atoms with van der Waals surface area (Å²) < 4.78 is 8.85. The van der Waals surface area contributed by atoms with Crippen LogP contribution in [0.5, 0.6) is 5.75 Å². The number of carbonyl (C=O) groups excluding carboxylic acids is 1. The molecule has 9 heteroatoms. The standard InChI is InChI=1S/C20H25N7O2/c1-14(28)19-20(27(24-23-19)15-4-6-17(29-3)7-5-15)22-18-8-11-21-26(18)16-9-12-25(2)13-10-16/h4-8,11,16,22H,9-10,12-13H2,1-3H3. The van der Waals surface area contributed by atoms with Gasteiger partial charge in [-0.25, -0.2) is 4.68 Å². The highest BCUT2D eigenvalue weighted by molar-refractivity contribution is 5.97. The summed E-state index contributed by atoms with van der Waals surface area (Å²) in [6.07, 6.45) is 3.83. The van der Waals surface area contributed by atoms with Crippen LogP contribution in [-0.2, 0) is 0 Å². The zero-order valence-corrected chi connectivity index (χ0v) is 16.9. The molecule has 0 saturated carbocycles. The first kappa shape index (κ1) is 19.1. The van der Waals surface area contributed by atoms with Crippen molar-refractivity contribution in [2.75, 3.05) is 32.6 Å². The predicted octanol–water partition coefficient (Wildman–Crippen LogP) is 2.69. The Morgan fingerprint density at radius 3 is 2.55 bits per heavy atom. The molecule has 29 heavy (non-hydrogen) atoms. The molecule has 0 radical (unpaired) electrons. The quantitative estimate of drug-likeness (QED) is 0.642. The van der Waals surface area contributed by atoms with Gasteiger partial charge in [0.2, 0.25) is 0 Å². The Morgan fingerprint density at radius 2 is 1.90 bits per heavy atom. The van der Waals surface area contributed by atoms with E-state index in [1.165, 1.54) is 6.92 Å². The van der Waals surface area contributed by atoms with Gasteiger partial charge in [0.1, 0.15) is 11.6 Å². The van der Waals surface area contributed by atoms with E-state index in [1.807, 2.05) is 35.0 Å². The van der Waals surface area contributed by atoms with Crippen molar-refractivity contribution in [2.45, 2.75) is 25.8 Å². The van der Waals surface area contributed by atoms with Gasteiger partial charge in [-0.1, -0.05) is 5.21 Å². The van der Waals surface area contributed by atoms with Crippen molar-refractivity contribution < 1.29 is 9.53 Å². The fraction of sp³-hybridized carbons (Fsp3) is 0.400. The summed E-state index contributed by atoms with van der Waals surface area (Å²) in [5.74, 6) is 1.93. The molecule has 1 saturated heterocycles. The first-order valence-corrected chi connectivity index (χ1v) is 9.67. The number of Topliss-reactive ketones (excluding diaryl/α,β-unsaturated/α-hetero) is 1. The number of hydrogen-bond acceptors (Lipinski definition) is 7. The molecule has 3 heterocycles. The lowest BCUT2D eigenvalue weighted by atomic mass is 10.1. The number of ketones is 1. The van der Waals surface area contributed by atoms with E-state index in [4.69, 9.17) is 4.74 Å². The zero-order chi connectivity index (χ0) is 20.4. The van der Waals surface area contributed by atoms with Crippen LogP contribution in [0.4, 0.5) is 11.6 Å². The molecule has 0 atom stereocenters. The topological polar surface area (TPSA) is 90.1 Å². The van der Waals surface area contributed by atoms with E-state index in [0.717, 1.165) is 43.2 Å². The monoisotopic (exact) mass is 395 g/mol. The molecule has 152 valence electrons. The summed E-state index contributed by atoms with van der Waals surface area (Å²) in [6.45, 7) is 3.56. The molecule has 1 N–H and O–H groups in total. The first-order valence-electron chi connectivity index (χ1n) is 9.67. The maximum absolute atomic E-state index is 12.2. The first-order chi connectivity index (χ1) is 14.1. The molecule has 1 aliphatic rings. The molecule has 3 aromatic rings. The van der Waals surface area contributed by atoms with Crippen LogP contribution in [0.15, 0.2) is 36.5 Å². The minimum atomic E-state index is -0.155. The number of ether oxygens (including phenoxy) is 1. The van der Waals surface area contributed by atoms with Crippen LogP contribution in [0.2, 0.25) is 0 Å². The minimum Gasteiger partial charge on any atom is -0.497 e. The summed E-state index contributed by atoms with van der Waals surface area (Å²) in [5, 5.41) is 16.2. The summed E-state index contributed by atoms with van der Waals surface area (Å²) in [5.41, 5.74) is 1.07. The molecular weight excluding hydrogens is 370 g/mol. The number of nitrogens with one attached hydrogen (secondary N) is 1. The molecule has 0 unspecified atom stereocenters. The van der Waals surface area contributed by atoms with Crippen LogP contribution in [0.25, 0.3) is 5.69 Å². The van der Waals surface area contributed by atoms with E-state index in [2.05, 4.69) is 32.7 Å². The van der Waals surface area contributed by atoms with E-state index in [0.29, 0.717) is 11.9 Å². The molecule has 1 aliphatic heterocycles. The van der Waals surface area contributed by atoms with E-state index in [9.17, 15) is 4.79 Å². The lowest BCUT2D eigenvalue weighted by molar-refractivity contribution is 0.101. The Hall–Kier alpha value is -3.20. The minimum absolute atomic E-state index is 0.155. The molecule has 0 aliphatic carbocycles. The van der Waals surface area contributed by atoms with Crippen molar-refractivity contribution >= 4 is 17.4 Å². The SMILES string of the molecule is COc1ccc(-n2nnc(C(C)=O)c2Nc2ccnn2C2CCN(C)CC2)cc1. The summed E-state index contributed by atoms with van der Waals surface area (Å²) in [4.78, 5) is 14.5. The van der Waals surface area contributed by atoms with Crippen molar-refractivity contribution in [3.63, 3.8) is 0 Å². The van der Waals surface area contributed by atoms with Gasteiger partial charge in [-0.15, -0.1) is 5.10 Å². The predicted molar refractivity (Wildman–Crippen MR) is 109 cm³/mol. The zero-order valence-electron chi connectivity index (χ0n) is 16.9. The van der Waals surface area contributed by atoms with E-state index < -0.39 is 0 Å². The van der Waals surface area contributed by atoms with Gasteiger partial charge >= 0.3 is 0 Å². The van der Waals surface area contributed by atoms with Crippen molar-refractivity contribution in [3.05, 3.63) is 42.2 Å². The smallest absolute Gasteiger partial charge is 0.183 e. The molecule has 2 aromatic heterocycles. The van der Waals surface area contributed by atoms with Gasteiger partial charge in [0.05, 0.1) is 25.0 Å². The lowest BCUT2D eigenvalue weighted by Gasteiger charge is -2.30. The summed E-state index contributed by atoms with van der Waals surface area (Å²) >= 11 is 0. The lowest BCUT2D eigenvalue weighted by Crippen LogP contribution is -2.32. The largest absolute Gasteiger partial charge is 0.497 e. The number of anilines is 2. The van der Waals surface area contributed by atoms with Crippen LogP contribution >= 0.6 is 0 Å². The van der Waals surface area contributed by atoms with Gasteiger partial charge in [-0.2, -0.15) is 9.78 Å². The highest BCUT2D eigenvalue weighted by atomic mass is 16.5. The molecule has 0 bridgehead atoms. The van der Waals surface area contributed by atoms with Crippen molar-refractivity contribution in [3.8, 4) is 11.4 Å². The average Bonchev–Trinajstić information content (AvgIpc) is 3.36. The Balaban J connectivity index is 1.67. The van der Waals surface area contributed by atoms with Crippen molar-refractivity contribution in [2.24, 2.45) is 0 Å². The third-order valence-electron chi connectivity index (χ3n) is 5.27.